The molecule has 0 atom stereocenters. The highest BCUT2D eigenvalue weighted by atomic mass is 16.3. The molecule has 0 bridgehead atoms. The van der Waals surface area contributed by atoms with Crippen LogP contribution in [0.15, 0.2) is 42.0 Å². The third-order valence-electron chi connectivity index (χ3n) is 3.83. The first-order valence-corrected chi connectivity index (χ1v) is 7.68. The Hall–Kier alpha value is -2.73. The number of carbonyl (C=O) groups excluding carboxylic acids is 2. The van der Waals surface area contributed by atoms with Crippen LogP contribution in [0, 0.1) is 0 Å². The van der Waals surface area contributed by atoms with Crippen molar-refractivity contribution in [2.75, 3.05) is 25.1 Å². The topological polar surface area (TPSA) is 82.0 Å². The summed E-state index contributed by atoms with van der Waals surface area (Å²) in [6.07, 6.45) is 6.17. The van der Waals surface area contributed by atoms with Crippen LogP contribution in [0.4, 0.5) is 5.69 Å². The Morgan fingerprint density at radius 1 is 1.46 bits per heavy atom. The van der Waals surface area contributed by atoms with E-state index in [0.717, 1.165) is 28.8 Å². The van der Waals surface area contributed by atoms with Gasteiger partial charge in [-0.15, -0.1) is 0 Å². The molecule has 0 fully saturated rings. The number of nitrogens with zero attached hydrogens (tertiary/aromatic N) is 2. The number of allylic oxidation sites excluding steroid dienone is 2. The van der Waals surface area contributed by atoms with Crippen molar-refractivity contribution in [1.82, 2.24) is 5.32 Å². The van der Waals surface area contributed by atoms with Gasteiger partial charge in [-0.2, -0.15) is 0 Å². The zero-order valence-corrected chi connectivity index (χ0v) is 13.7. The van der Waals surface area contributed by atoms with Crippen LogP contribution in [0.25, 0.3) is 5.57 Å². The summed E-state index contributed by atoms with van der Waals surface area (Å²) in [6.45, 7) is 3.52. The van der Waals surface area contributed by atoms with E-state index in [4.69, 9.17) is 5.11 Å². The second-order valence-corrected chi connectivity index (χ2v) is 5.38. The first kappa shape index (κ1) is 17.6. The molecule has 24 heavy (non-hydrogen) atoms. The predicted molar refractivity (Wildman–Crippen MR) is 94.9 cm³/mol. The van der Waals surface area contributed by atoms with Gasteiger partial charge in [0, 0.05) is 31.6 Å². The standard InChI is InChI=1S/C18H21N3O3/c1-3-13(11-19-8-9-20-17(23)12-22)14-4-6-16-15(10-14)5-7-18(24)21(16)2/h3-4,6,8,10-11,22H,1,5,7,9,12H2,2H3,(H,20,23)/b13-11+,19-8-. The molecule has 0 spiro atoms. The Balaban J connectivity index is 2.12. The van der Waals surface area contributed by atoms with Crippen LogP contribution >= 0.6 is 0 Å². The summed E-state index contributed by atoms with van der Waals surface area (Å²) in [4.78, 5) is 28.5. The molecule has 2 N–H and O–H groups in total. The van der Waals surface area contributed by atoms with Gasteiger partial charge in [0.2, 0.25) is 11.8 Å². The highest BCUT2D eigenvalue weighted by Gasteiger charge is 2.20. The lowest BCUT2D eigenvalue weighted by Crippen LogP contribution is -2.31. The van der Waals surface area contributed by atoms with Crippen LogP contribution in [0.5, 0.6) is 0 Å². The van der Waals surface area contributed by atoms with E-state index in [-0.39, 0.29) is 12.5 Å². The lowest BCUT2D eigenvalue weighted by molar-refractivity contribution is -0.123. The molecule has 126 valence electrons. The molecule has 2 amide bonds. The summed E-state index contributed by atoms with van der Waals surface area (Å²) in [6, 6.07) is 5.92. The number of rotatable bonds is 6. The number of aliphatic hydroxyl groups excluding tert-OH is 1. The van der Waals surface area contributed by atoms with E-state index in [1.54, 1.807) is 30.4 Å². The zero-order chi connectivity index (χ0) is 17.5. The fourth-order valence-electron chi connectivity index (χ4n) is 2.48. The number of nitrogens with one attached hydrogen (secondary N) is 1. The van der Waals surface area contributed by atoms with E-state index < -0.39 is 12.5 Å². The number of benzene rings is 1. The average Bonchev–Trinajstić information content (AvgIpc) is 2.60. The van der Waals surface area contributed by atoms with Crippen molar-refractivity contribution in [3.05, 3.63) is 48.2 Å². The van der Waals surface area contributed by atoms with Gasteiger partial charge in [-0.1, -0.05) is 18.7 Å². The van der Waals surface area contributed by atoms with E-state index >= 15 is 0 Å². The summed E-state index contributed by atoms with van der Waals surface area (Å²) < 4.78 is 0. The fourth-order valence-corrected chi connectivity index (χ4v) is 2.48. The van der Waals surface area contributed by atoms with Gasteiger partial charge < -0.3 is 15.3 Å². The summed E-state index contributed by atoms with van der Waals surface area (Å²) in [5.74, 6) is -0.313. The maximum absolute atomic E-state index is 11.7. The Kier molecular flexibility index (Phi) is 6.03. The molecule has 0 aliphatic carbocycles. The van der Waals surface area contributed by atoms with Gasteiger partial charge in [0.1, 0.15) is 6.61 Å². The predicted octanol–water partition coefficient (Wildman–Crippen LogP) is 1.30. The van der Waals surface area contributed by atoms with Gasteiger partial charge >= 0.3 is 0 Å². The second kappa shape index (κ2) is 8.21. The molecule has 0 aromatic heterocycles. The highest BCUT2D eigenvalue weighted by Crippen LogP contribution is 2.29. The van der Waals surface area contributed by atoms with Gasteiger partial charge in [-0.3, -0.25) is 14.6 Å². The number of anilines is 1. The normalized spacial score (nSPS) is 14.7. The molecule has 1 heterocycles. The fraction of sp³-hybridized carbons (Fsp3) is 0.278. The van der Waals surface area contributed by atoms with Crippen LogP contribution in [0.3, 0.4) is 0 Å². The largest absolute Gasteiger partial charge is 0.387 e. The van der Waals surface area contributed by atoms with Gasteiger partial charge in [0.15, 0.2) is 0 Å². The molecule has 6 nitrogen and oxygen atoms in total. The number of amides is 2. The van der Waals surface area contributed by atoms with Crippen molar-refractivity contribution in [2.24, 2.45) is 4.99 Å². The molecule has 0 unspecified atom stereocenters. The average molecular weight is 327 g/mol. The summed E-state index contributed by atoms with van der Waals surface area (Å²) in [5.41, 5.74) is 3.89. The lowest BCUT2D eigenvalue weighted by atomic mass is 9.96. The molecule has 1 aliphatic heterocycles. The van der Waals surface area contributed by atoms with Gasteiger partial charge in [0.05, 0.1) is 6.54 Å². The molecule has 1 aliphatic rings. The lowest BCUT2D eigenvalue weighted by Gasteiger charge is -2.26. The number of aliphatic hydroxyl groups is 1. The molecule has 1 aromatic carbocycles. The zero-order valence-electron chi connectivity index (χ0n) is 13.7. The van der Waals surface area contributed by atoms with Crippen molar-refractivity contribution in [3.63, 3.8) is 0 Å². The monoisotopic (exact) mass is 327 g/mol. The summed E-state index contributed by atoms with van der Waals surface area (Å²) >= 11 is 0. The SMILES string of the molecule is C=C/C(=C\N=C/CNC(=O)CO)c1ccc2c(c1)CCC(=O)N2C. The molecule has 0 saturated carbocycles. The van der Waals surface area contributed by atoms with E-state index in [1.165, 1.54) is 0 Å². The first-order valence-electron chi connectivity index (χ1n) is 7.68. The van der Waals surface area contributed by atoms with Crippen molar-refractivity contribution in [2.45, 2.75) is 12.8 Å². The maximum Gasteiger partial charge on any atom is 0.246 e. The van der Waals surface area contributed by atoms with Crippen LogP contribution in [-0.4, -0.2) is 43.3 Å². The third-order valence-corrected chi connectivity index (χ3v) is 3.83. The van der Waals surface area contributed by atoms with Crippen molar-refractivity contribution in [3.8, 4) is 0 Å². The van der Waals surface area contributed by atoms with Crippen molar-refractivity contribution >= 4 is 29.3 Å². The highest BCUT2D eigenvalue weighted by molar-refractivity contribution is 5.96. The van der Waals surface area contributed by atoms with Gasteiger partial charge in [-0.25, -0.2) is 0 Å². The van der Waals surface area contributed by atoms with E-state index in [0.29, 0.717) is 6.42 Å². The minimum atomic E-state index is -0.534. The smallest absolute Gasteiger partial charge is 0.246 e. The van der Waals surface area contributed by atoms with Crippen molar-refractivity contribution in [1.29, 1.82) is 0 Å². The Labute approximate surface area is 141 Å². The number of carbonyl (C=O) groups is 2. The minimum absolute atomic E-state index is 0.129. The number of aryl methyl sites for hydroxylation is 1. The molecular formula is C18H21N3O3. The molecule has 6 heteroatoms. The maximum atomic E-state index is 11.7. The molecule has 1 aromatic rings. The number of hydrogen-bond acceptors (Lipinski definition) is 4. The molecule has 2 rings (SSSR count). The molecule has 0 radical (unpaired) electrons. The Morgan fingerprint density at radius 2 is 2.25 bits per heavy atom. The number of hydrogen-bond donors (Lipinski definition) is 2. The van der Waals surface area contributed by atoms with E-state index in [1.807, 2.05) is 12.1 Å². The van der Waals surface area contributed by atoms with Crippen molar-refractivity contribution < 1.29 is 14.7 Å². The quantitative estimate of drug-likeness (QED) is 0.610. The third kappa shape index (κ3) is 4.17. The number of fused-ring (bicyclic) bond motifs is 1. The second-order valence-electron chi connectivity index (χ2n) is 5.38. The van der Waals surface area contributed by atoms with Gasteiger partial charge in [0.25, 0.3) is 0 Å². The summed E-state index contributed by atoms with van der Waals surface area (Å²) in [5, 5.41) is 11.1. The Morgan fingerprint density at radius 3 is 2.96 bits per heavy atom. The van der Waals surface area contributed by atoms with Crippen LogP contribution in [-0.2, 0) is 16.0 Å². The van der Waals surface area contributed by atoms with Crippen LogP contribution < -0.4 is 10.2 Å². The summed E-state index contributed by atoms with van der Waals surface area (Å²) in [7, 11) is 1.79. The van der Waals surface area contributed by atoms with Crippen LogP contribution in [0.2, 0.25) is 0 Å². The number of aliphatic imine (C=N–C) groups is 1. The Bertz CT molecular complexity index is 707. The van der Waals surface area contributed by atoms with E-state index in [9.17, 15) is 9.59 Å². The van der Waals surface area contributed by atoms with Gasteiger partial charge in [-0.05, 0) is 35.3 Å². The van der Waals surface area contributed by atoms with Crippen LogP contribution in [0.1, 0.15) is 17.5 Å². The molecular weight excluding hydrogens is 306 g/mol. The van der Waals surface area contributed by atoms with E-state index in [2.05, 4.69) is 23.0 Å². The molecule has 0 saturated heterocycles. The minimum Gasteiger partial charge on any atom is -0.387 e. The first-order chi connectivity index (χ1) is 11.6.